The van der Waals surface area contributed by atoms with Crippen LogP contribution in [0.3, 0.4) is 0 Å². The first-order valence-electron chi connectivity index (χ1n) is 8.85. The van der Waals surface area contributed by atoms with Gasteiger partial charge < -0.3 is 20.1 Å². The van der Waals surface area contributed by atoms with E-state index in [0.717, 1.165) is 16.9 Å². The van der Waals surface area contributed by atoms with Crippen molar-refractivity contribution in [2.24, 2.45) is 0 Å². The van der Waals surface area contributed by atoms with E-state index in [-0.39, 0.29) is 11.5 Å². The van der Waals surface area contributed by atoms with Gasteiger partial charge >= 0.3 is 5.97 Å². The van der Waals surface area contributed by atoms with Gasteiger partial charge in [-0.05, 0) is 36.6 Å². The number of amides is 2. The smallest absolute Gasteiger partial charge is 0.340 e. The van der Waals surface area contributed by atoms with E-state index in [1.54, 1.807) is 32.2 Å². The summed E-state index contributed by atoms with van der Waals surface area (Å²) in [6, 6.07) is 12.5. The van der Waals surface area contributed by atoms with Crippen molar-refractivity contribution in [3.63, 3.8) is 0 Å². The zero-order valence-corrected chi connectivity index (χ0v) is 16.2. The summed E-state index contributed by atoms with van der Waals surface area (Å²) in [5, 5.41) is 5.33. The van der Waals surface area contributed by atoms with Gasteiger partial charge in [-0.3, -0.25) is 9.59 Å². The van der Waals surface area contributed by atoms with E-state index >= 15 is 0 Å². The quantitative estimate of drug-likeness (QED) is 0.682. The van der Waals surface area contributed by atoms with E-state index in [4.69, 9.17) is 9.47 Å². The monoisotopic (exact) mass is 384 g/mol. The fraction of sp³-hybridized carbons (Fsp3) is 0.286. The molecule has 0 aliphatic carbocycles. The van der Waals surface area contributed by atoms with Crippen LogP contribution < -0.4 is 15.4 Å². The summed E-state index contributed by atoms with van der Waals surface area (Å²) in [7, 11) is 1.59. The van der Waals surface area contributed by atoms with Gasteiger partial charge in [0.1, 0.15) is 5.75 Å². The first-order chi connectivity index (χ1) is 13.4. The number of anilines is 1. The molecule has 148 valence electrons. The third-order valence-electron chi connectivity index (χ3n) is 4.04. The van der Waals surface area contributed by atoms with Crippen molar-refractivity contribution < 1.29 is 23.9 Å². The van der Waals surface area contributed by atoms with E-state index < -0.39 is 18.5 Å². The Hall–Kier alpha value is -3.35. The average molecular weight is 384 g/mol. The van der Waals surface area contributed by atoms with Gasteiger partial charge in [0.15, 0.2) is 6.61 Å². The van der Waals surface area contributed by atoms with Gasteiger partial charge in [-0.25, -0.2) is 4.79 Å². The molecule has 0 bridgehead atoms. The maximum Gasteiger partial charge on any atom is 0.340 e. The van der Waals surface area contributed by atoms with Gasteiger partial charge in [-0.2, -0.15) is 0 Å². The van der Waals surface area contributed by atoms with Crippen LogP contribution in [0.5, 0.6) is 5.75 Å². The van der Waals surface area contributed by atoms with Crippen molar-refractivity contribution >= 4 is 23.5 Å². The standard InChI is InChI=1S/C21H24N2O5/c1-14-7-6-9-17(20(14)23-15(2)24)21(26)28-13-19(25)22-12-11-16-8-4-5-10-18(16)27-3/h4-10H,11-13H2,1-3H3,(H,22,25)(H,23,24). The van der Waals surface area contributed by atoms with Gasteiger partial charge in [0.2, 0.25) is 5.91 Å². The minimum atomic E-state index is -0.674. The number of carbonyl (C=O) groups is 3. The van der Waals surface area contributed by atoms with Gasteiger partial charge in [-0.15, -0.1) is 0 Å². The van der Waals surface area contributed by atoms with Crippen molar-refractivity contribution in [2.45, 2.75) is 20.3 Å². The van der Waals surface area contributed by atoms with Crippen molar-refractivity contribution in [1.29, 1.82) is 0 Å². The van der Waals surface area contributed by atoms with Crippen LogP contribution in [0.1, 0.15) is 28.4 Å². The molecule has 2 N–H and O–H groups in total. The molecule has 2 aromatic rings. The molecule has 0 fully saturated rings. The van der Waals surface area contributed by atoms with Crippen LogP contribution in [-0.4, -0.2) is 38.0 Å². The minimum absolute atomic E-state index is 0.206. The molecule has 7 heteroatoms. The van der Waals surface area contributed by atoms with Gasteiger partial charge in [0.05, 0.1) is 18.4 Å². The largest absolute Gasteiger partial charge is 0.496 e. The van der Waals surface area contributed by atoms with Gasteiger partial charge in [0.25, 0.3) is 5.91 Å². The molecule has 0 saturated heterocycles. The maximum absolute atomic E-state index is 12.3. The molecule has 0 saturated carbocycles. The highest BCUT2D eigenvalue weighted by molar-refractivity contribution is 6.02. The van der Waals surface area contributed by atoms with Crippen LogP contribution in [-0.2, 0) is 20.7 Å². The zero-order chi connectivity index (χ0) is 20.5. The molecule has 28 heavy (non-hydrogen) atoms. The lowest BCUT2D eigenvalue weighted by Crippen LogP contribution is -2.30. The zero-order valence-electron chi connectivity index (χ0n) is 16.2. The molecule has 0 unspecified atom stereocenters. The van der Waals surface area contributed by atoms with E-state index in [2.05, 4.69) is 10.6 Å². The summed E-state index contributed by atoms with van der Waals surface area (Å²) in [5.74, 6) is -0.616. The number of hydrogen-bond acceptors (Lipinski definition) is 5. The normalized spacial score (nSPS) is 10.1. The van der Waals surface area contributed by atoms with E-state index in [1.165, 1.54) is 6.92 Å². The second-order valence-electron chi connectivity index (χ2n) is 6.17. The molecule has 0 aliphatic heterocycles. The molecule has 0 heterocycles. The molecule has 0 atom stereocenters. The van der Waals surface area contributed by atoms with E-state index in [0.29, 0.717) is 18.7 Å². The summed E-state index contributed by atoms with van der Waals surface area (Å²) < 4.78 is 10.4. The lowest BCUT2D eigenvalue weighted by Gasteiger charge is -2.13. The molecule has 2 aromatic carbocycles. The summed E-state index contributed by atoms with van der Waals surface area (Å²) in [6.07, 6.45) is 0.592. The molecule has 0 aliphatic rings. The molecule has 2 rings (SSSR count). The first kappa shape index (κ1) is 21.0. The van der Waals surface area contributed by atoms with Gasteiger partial charge in [-0.1, -0.05) is 30.3 Å². The highest BCUT2D eigenvalue weighted by Crippen LogP contribution is 2.21. The number of nitrogens with one attached hydrogen (secondary N) is 2. The molecular weight excluding hydrogens is 360 g/mol. The Kier molecular flexibility index (Phi) is 7.56. The number of ether oxygens (including phenoxy) is 2. The molecular formula is C21H24N2O5. The summed E-state index contributed by atoms with van der Waals surface area (Å²) in [4.78, 5) is 35.6. The fourth-order valence-electron chi connectivity index (χ4n) is 2.69. The average Bonchev–Trinajstić information content (AvgIpc) is 2.67. The van der Waals surface area contributed by atoms with Crippen LogP contribution >= 0.6 is 0 Å². The summed E-state index contributed by atoms with van der Waals surface area (Å²) in [6.45, 7) is 3.11. The Labute approximate surface area is 164 Å². The van der Waals surface area contributed by atoms with Crippen LogP contribution in [0.15, 0.2) is 42.5 Å². The second kappa shape index (κ2) is 10.1. The first-order valence-corrected chi connectivity index (χ1v) is 8.85. The Balaban J connectivity index is 1.87. The lowest BCUT2D eigenvalue weighted by atomic mass is 10.1. The molecule has 7 nitrogen and oxygen atoms in total. The van der Waals surface area contributed by atoms with Crippen LogP contribution in [0, 0.1) is 6.92 Å². The number of esters is 1. The molecule has 0 radical (unpaired) electrons. The Morgan fingerprint density at radius 2 is 1.79 bits per heavy atom. The van der Waals surface area contributed by atoms with Crippen molar-refractivity contribution in [1.82, 2.24) is 5.32 Å². The van der Waals surface area contributed by atoms with Crippen LogP contribution in [0.25, 0.3) is 0 Å². The second-order valence-corrected chi connectivity index (χ2v) is 6.17. The molecule has 0 spiro atoms. The van der Waals surface area contributed by atoms with E-state index in [1.807, 2.05) is 24.3 Å². The highest BCUT2D eigenvalue weighted by Gasteiger charge is 2.17. The topological polar surface area (TPSA) is 93.7 Å². The summed E-state index contributed by atoms with van der Waals surface area (Å²) in [5.41, 5.74) is 2.29. The third kappa shape index (κ3) is 5.84. The number of rotatable bonds is 8. The van der Waals surface area contributed by atoms with Crippen molar-refractivity contribution in [2.75, 3.05) is 25.6 Å². The summed E-state index contributed by atoms with van der Waals surface area (Å²) >= 11 is 0. The number of para-hydroxylation sites is 2. The number of benzene rings is 2. The van der Waals surface area contributed by atoms with E-state index in [9.17, 15) is 14.4 Å². The third-order valence-corrected chi connectivity index (χ3v) is 4.04. The number of carbonyl (C=O) groups excluding carboxylic acids is 3. The molecule has 2 amide bonds. The van der Waals surface area contributed by atoms with Crippen LogP contribution in [0.4, 0.5) is 5.69 Å². The SMILES string of the molecule is COc1ccccc1CCNC(=O)COC(=O)c1cccc(C)c1NC(C)=O. The number of hydrogen-bond donors (Lipinski definition) is 2. The Bertz CT molecular complexity index is 864. The predicted molar refractivity (Wildman–Crippen MR) is 105 cm³/mol. The fourth-order valence-corrected chi connectivity index (χ4v) is 2.69. The number of aryl methyl sites for hydroxylation is 1. The number of methoxy groups -OCH3 is 1. The van der Waals surface area contributed by atoms with Gasteiger partial charge in [0, 0.05) is 13.5 Å². The van der Waals surface area contributed by atoms with Crippen LogP contribution in [0.2, 0.25) is 0 Å². The van der Waals surface area contributed by atoms with Crippen molar-refractivity contribution in [3.8, 4) is 5.75 Å². The van der Waals surface area contributed by atoms with Crippen molar-refractivity contribution in [3.05, 3.63) is 59.2 Å². The maximum atomic E-state index is 12.3. The Morgan fingerprint density at radius 3 is 2.50 bits per heavy atom. The predicted octanol–water partition coefficient (Wildman–Crippen LogP) is 2.48. The highest BCUT2D eigenvalue weighted by atomic mass is 16.5. The minimum Gasteiger partial charge on any atom is -0.496 e. The Morgan fingerprint density at radius 1 is 1.04 bits per heavy atom. The molecule has 0 aromatic heterocycles. The lowest BCUT2D eigenvalue weighted by molar-refractivity contribution is -0.124.